The predicted octanol–water partition coefficient (Wildman–Crippen LogP) is 2.12. The van der Waals surface area contributed by atoms with Crippen LogP contribution in [0.25, 0.3) is 0 Å². The molecule has 2 rings (SSSR count). The van der Waals surface area contributed by atoms with Gasteiger partial charge in [0.25, 0.3) is 0 Å². The van der Waals surface area contributed by atoms with Crippen molar-refractivity contribution in [3.05, 3.63) is 34.3 Å². The lowest BCUT2D eigenvalue weighted by atomic mass is 10.1. The number of rotatable bonds is 4. The van der Waals surface area contributed by atoms with Crippen molar-refractivity contribution < 1.29 is 5.11 Å². The van der Waals surface area contributed by atoms with Gasteiger partial charge in [-0.25, -0.2) is 0 Å². The van der Waals surface area contributed by atoms with Crippen LogP contribution in [0.1, 0.15) is 18.5 Å². The van der Waals surface area contributed by atoms with Crippen molar-refractivity contribution in [2.24, 2.45) is 0 Å². The van der Waals surface area contributed by atoms with E-state index in [0.717, 1.165) is 32.7 Å². The molecule has 0 bridgehead atoms. The molecule has 1 aliphatic rings. The Morgan fingerprint density at radius 2 is 1.89 bits per heavy atom. The Bertz CT molecular complexity index is 378. The maximum absolute atomic E-state index is 8.95. The fraction of sp³-hybridized carbons (Fsp3) is 0.571. The molecular formula is C14H21BrN2O. The summed E-state index contributed by atoms with van der Waals surface area (Å²) in [5.41, 5.74) is 1.35. The number of aliphatic hydroxyl groups is 1. The Morgan fingerprint density at radius 1 is 1.22 bits per heavy atom. The molecule has 0 spiro atoms. The summed E-state index contributed by atoms with van der Waals surface area (Å²) < 4.78 is 1.19. The fourth-order valence-electron chi connectivity index (χ4n) is 2.53. The molecule has 100 valence electrons. The topological polar surface area (TPSA) is 26.7 Å². The van der Waals surface area contributed by atoms with E-state index in [0.29, 0.717) is 6.04 Å². The van der Waals surface area contributed by atoms with Gasteiger partial charge in [0.2, 0.25) is 0 Å². The van der Waals surface area contributed by atoms with Gasteiger partial charge in [-0.3, -0.25) is 9.80 Å². The van der Waals surface area contributed by atoms with Crippen LogP contribution in [0.15, 0.2) is 28.7 Å². The van der Waals surface area contributed by atoms with Crippen LogP contribution in [0.3, 0.4) is 0 Å². The quantitative estimate of drug-likeness (QED) is 0.922. The zero-order valence-corrected chi connectivity index (χ0v) is 12.4. The lowest BCUT2D eigenvalue weighted by molar-refractivity contribution is 0.0886. The molecule has 18 heavy (non-hydrogen) atoms. The van der Waals surface area contributed by atoms with Crippen molar-refractivity contribution in [1.29, 1.82) is 0 Å². The first-order valence-electron chi connectivity index (χ1n) is 6.54. The normalized spacial score (nSPS) is 19.9. The SMILES string of the molecule is C[C@@H](c1ccccc1Br)N1CCN(CCO)CC1. The molecule has 3 nitrogen and oxygen atoms in total. The van der Waals surface area contributed by atoms with Gasteiger partial charge in [0.1, 0.15) is 0 Å². The van der Waals surface area contributed by atoms with Gasteiger partial charge < -0.3 is 5.11 Å². The number of nitrogens with zero attached hydrogens (tertiary/aromatic N) is 2. The Balaban J connectivity index is 1.95. The second-order valence-corrected chi connectivity index (χ2v) is 5.65. The zero-order chi connectivity index (χ0) is 13.0. The molecule has 1 N–H and O–H groups in total. The van der Waals surface area contributed by atoms with E-state index in [4.69, 9.17) is 5.11 Å². The molecule has 4 heteroatoms. The van der Waals surface area contributed by atoms with E-state index in [1.54, 1.807) is 0 Å². The summed E-state index contributed by atoms with van der Waals surface area (Å²) >= 11 is 3.63. The van der Waals surface area contributed by atoms with Crippen LogP contribution in [0, 0.1) is 0 Å². The summed E-state index contributed by atoms with van der Waals surface area (Å²) in [7, 11) is 0. The standard InChI is InChI=1S/C14H21BrN2O/c1-12(13-4-2-3-5-14(13)15)17-8-6-16(7-9-17)10-11-18/h2-5,12,18H,6-11H2,1H3/t12-/m0/s1. The number of halogens is 1. The third kappa shape index (κ3) is 3.32. The van der Waals surface area contributed by atoms with Gasteiger partial charge in [0.15, 0.2) is 0 Å². The van der Waals surface area contributed by atoms with Gasteiger partial charge in [-0.15, -0.1) is 0 Å². The number of β-amino-alcohol motifs (C(OH)–C–C–N with tert-alkyl or cyclic N) is 1. The van der Waals surface area contributed by atoms with Crippen molar-refractivity contribution in [1.82, 2.24) is 9.80 Å². The molecule has 1 aromatic carbocycles. The number of hydrogen-bond acceptors (Lipinski definition) is 3. The van der Waals surface area contributed by atoms with Gasteiger partial charge in [-0.1, -0.05) is 34.1 Å². The molecule has 0 radical (unpaired) electrons. The highest BCUT2D eigenvalue weighted by molar-refractivity contribution is 9.10. The molecule has 1 fully saturated rings. The van der Waals surface area contributed by atoms with Gasteiger partial charge in [0.05, 0.1) is 6.61 Å². The molecular weight excluding hydrogens is 292 g/mol. The Labute approximate surface area is 118 Å². The molecule has 1 atom stereocenters. The van der Waals surface area contributed by atoms with E-state index in [9.17, 15) is 0 Å². The number of hydrogen-bond donors (Lipinski definition) is 1. The van der Waals surface area contributed by atoms with Gasteiger partial charge >= 0.3 is 0 Å². The van der Waals surface area contributed by atoms with Crippen LogP contribution < -0.4 is 0 Å². The average Bonchev–Trinajstić information content (AvgIpc) is 2.40. The van der Waals surface area contributed by atoms with Crippen molar-refractivity contribution in [3.8, 4) is 0 Å². The second kappa shape index (κ2) is 6.66. The first kappa shape index (κ1) is 14.0. The van der Waals surface area contributed by atoms with Gasteiger partial charge in [0, 0.05) is 43.2 Å². The van der Waals surface area contributed by atoms with E-state index in [2.05, 4.69) is 56.9 Å². The van der Waals surface area contributed by atoms with E-state index >= 15 is 0 Å². The van der Waals surface area contributed by atoms with Crippen LogP contribution in [0.2, 0.25) is 0 Å². The maximum Gasteiger partial charge on any atom is 0.0558 e. The minimum atomic E-state index is 0.264. The lowest BCUT2D eigenvalue weighted by Crippen LogP contribution is -2.47. The zero-order valence-electron chi connectivity index (χ0n) is 10.8. The molecule has 0 unspecified atom stereocenters. The van der Waals surface area contributed by atoms with Crippen LogP contribution in [-0.2, 0) is 0 Å². The molecule has 0 aliphatic carbocycles. The predicted molar refractivity (Wildman–Crippen MR) is 77.7 cm³/mol. The Morgan fingerprint density at radius 3 is 2.50 bits per heavy atom. The third-order valence-electron chi connectivity index (χ3n) is 3.73. The summed E-state index contributed by atoms with van der Waals surface area (Å²) in [4.78, 5) is 4.83. The fourth-order valence-corrected chi connectivity index (χ4v) is 3.14. The van der Waals surface area contributed by atoms with E-state index < -0.39 is 0 Å². The van der Waals surface area contributed by atoms with Crippen LogP contribution in [0.4, 0.5) is 0 Å². The minimum absolute atomic E-state index is 0.264. The molecule has 0 saturated carbocycles. The van der Waals surface area contributed by atoms with Crippen molar-refractivity contribution in [2.75, 3.05) is 39.3 Å². The summed E-state index contributed by atoms with van der Waals surface area (Å²) in [6.07, 6.45) is 0. The lowest BCUT2D eigenvalue weighted by Gasteiger charge is -2.38. The number of piperazine rings is 1. The maximum atomic E-state index is 8.95. The molecule has 1 aromatic rings. The average molecular weight is 313 g/mol. The minimum Gasteiger partial charge on any atom is -0.395 e. The summed E-state index contributed by atoms with van der Waals surface area (Å²) in [5, 5.41) is 8.95. The highest BCUT2D eigenvalue weighted by Gasteiger charge is 2.22. The number of aliphatic hydroxyl groups excluding tert-OH is 1. The summed E-state index contributed by atoms with van der Waals surface area (Å²) in [6.45, 7) is 7.58. The van der Waals surface area contributed by atoms with Gasteiger partial charge in [-0.2, -0.15) is 0 Å². The molecule has 0 aromatic heterocycles. The van der Waals surface area contributed by atoms with Gasteiger partial charge in [-0.05, 0) is 18.6 Å². The molecule has 1 saturated heterocycles. The molecule has 1 heterocycles. The van der Waals surface area contributed by atoms with E-state index in [-0.39, 0.29) is 6.61 Å². The highest BCUT2D eigenvalue weighted by atomic mass is 79.9. The van der Waals surface area contributed by atoms with Crippen LogP contribution in [0.5, 0.6) is 0 Å². The Kier molecular flexibility index (Phi) is 5.18. The number of benzene rings is 1. The first-order chi connectivity index (χ1) is 8.72. The van der Waals surface area contributed by atoms with E-state index in [1.807, 2.05) is 0 Å². The largest absolute Gasteiger partial charge is 0.395 e. The Hall–Kier alpha value is -0.420. The second-order valence-electron chi connectivity index (χ2n) is 4.80. The van der Waals surface area contributed by atoms with Crippen LogP contribution in [-0.4, -0.2) is 54.2 Å². The summed E-state index contributed by atoms with van der Waals surface area (Å²) in [5.74, 6) is 0. The van der Waals surface area contributed by atoms with Crippen molar-refractivity contribution >= 4 is 15.9 Å². The van der Waals surface area contributed by atoms with Crippen LogP contribution >= 0.6 is 15.9 Å². The van der Waals surface area contributed by atoms with E-state index in [1.165, 1.54) is 10.0 Å². The third-order valence-corrected chi connectivity index (χ3v) is 4.45. The monoisotopic (exact) mass is 312 g/mol. The smallest absolute Gasteiger partial charge is 0.0558 e. The highest BCUT2D eigenvalue weighted by Crippen LogP contribution is 2.27. The first-order valence-corrected chi connectivity index (χ1v) is 7.33. The summed E-state index contributed by atoms with van der Waals surface area (Å²) in [6, 6.07) is 8.89. The van der Waals surface area contributed by atoms with Crippen molar-refractivity contribution in [3.63, 3.8) is 0 Å². The molecule has 0 amide bonds. The molecule has 1 aliphatic heterocycles. The van der Waals surface area contributed by atoms with Crippen molar-refractivity contribution in [2.45, 2.75) is 13.0 Å².